The van der Waals surface area contributed by atoms with E-state index in [1.807, 2.05) is 4.90 Å². The number of aryl methyl sites for hydroxylation is 1. The fraction of sp³-hybridized carbons (Fsp3) is 0.389. The normalized spacial score (nSPS) is 15.5. The molecule has 0 radical (unpaired) electrons. The molecule has 1 fully saturated rings. The largest absolute Gasteiger partial charge is 0.352 e. The third-order valence-electron chi connectivity index (χ3n) is 4.54. The smallest absolute Gasteiger partial charge is 0.293 e. The number of carbonyl (C=O) groups excluding carboxylic acids is 1. The summed E-state index contributed by atoms with van der Waals surface area (Å²) in [5.74, 6) is 0.315. The summed E-state index contributed by atoms with van der Waals surface area (Å²) >= 11 is 0. The fourth-order valence-corrected chi connectivity index (χ4v) is 3.06. The predicted molar refractivity (Wildman–Crippen MR) is 89.5 cm³/mol. The van der Waals surface area contributed by atoms with Crippen molar-refractivity contribution in [2.24, 2.45) is 13.0 Å². The molecule has 1 aromatic carbocycles. The molecule has 1 saturated heterocycles. The van der Waals surface area contributed by atoms with Crippen LogP contribution in [0, 0.1) is 11.7 Å². The summed E-state index contributed by atoms with van der Waals surface area (Å²) < 4.78 is 14.4. The molecule has 0 saturated carbocycles. The number of anilines is 1. The summed E-state index contributed by atoms with van der Waals surface area (Å²) in [5.41, 5.74) is 0.719. The highest BCUT2D eigenvalue weighted by atomic mass is 19.1. The molecule has 0 N–H and O–H groups in total. The number of aromatic nitrogens is 2. The van der Waals surface area contributed by atoms with Crippen molar-refractivity contribution in [1.29, 1.82) is 0 Å². The lowest BCUT2D eigenvalue weighted by molar-refractivity contribution is -0.122. The van der Waals surface area contributed by atoms with E-state index in [-0.39, 0.29) is 23.1 Å². The number of hydrogen-bond donors (Lipinski definition) is 0. The first-order valence-electron chi connectivity index (χ1n) is 8.08. The number of carbonyl (C=O) groups is 1. The van der Waals surface area contributed by atoms with Crippen molar-refractivity contribution >= 4 is 11.6 Å². The van der Waals surface area contributed by atoms with Crippen LogP contribution in [-0.4, -0.2) is 28.4 Å². The molecule has 24 heavy (non-hydrogen) atoms. The number of halogens is 1. The number of ketones is 1. The second kappa shape index (κ2) is 6.95. The topological polar surface area (TPSA) is 55.2 Å². The molecule has 0 amide bonds. The molecule has 1 aliphatic rings. The van der Waals surface area contributed by atoms with Gasteiger partial charge in [0.1, 0.15) is 11.6 Å². The lowest BCUT2D eigenvalue weighted by Crippen LogP contribution is -2.40. The third kappa shape index (κ3) is 3.53. The van der Waals surface area contributed by atoms with E-state index in [2.05, 4.69) is 4.98 Å². The molecule has 0 unspecified atom stereocenters. The maximum absolute atomic E-state index is 12.9. The van der Waals surface area contributed by atoms with Crippen LogP contribution in [0.2, 0.25) is 0 Å². The van der Waals surface area contributed by atoms with Crippen molar-refractivity contribution < 1.29 is 9.18 Å². The molecule has 126 valence electrons. The Hall–Kier alpha value is -2.50. The molecule has 1 aliphatic heterocycles. The second-order valence-corrected chi connectivity index (χ2v) is 6.20. The molecule has 0 bridgehead atoms. The predicted octanol–water partition coefficient (Wildman–Crippen LogP) is 1.95. The number of nitrogens with zero attached hydrogens (tertiary/aromatic N) is 3. The Morgan fingerprint density at radius 3 is 2.58 bits per heavy atom. The Morgan fingerprint density at radius 2 is 1.92 bits per heavy atom. The van der Waals surface area contributed by atoms with Crippen molar-refractivity contribution in [3.63, 3.8) is 0 Å². The lowest BCUT2D eigenvalue weighted by Gasteiger charge is -2.31. The van der Waals surface area contributed by atoms with Crippen LogP contribution >= 0.6 is 0 Å². The summed E-state index contributed by atoms with van der Waals surface area (Å²) in [5, 5.41) is 0. The van der Waals surface area contributed by atoms with Crippen LogP contribution in [0.3, 0.4) is 0 Å². The highest BCUT2D eigenvalue weighted by molar-refractivity contribution is 5.83. The Balaban J connectivity index is 1.60. The van der Waals surface area contributed by atoms with Gasteiger partial charge in [0.15, 0.2) is 5.82 Å². The van der Waals surface area contributed by atoms with Crippen molar-refractivity contribution in [3.05, 3.63) is 58.4 Å². The zero-order chi connectivity index (χ0) is 17.1. The van der Waals surface area contributed by atoms with Gasteiger partial charge in [-0.25, -0.2) is 9.37 Å². The number of Topliss-reactive ketones (excluding diaryl/α,β-unsaturated/α-hetero) is 1. The van der Waals surface area contributed by atoms with Gasteiger partial charge in [0.2, 0.25) is 0 Å². The van der Waals surface area contributed by atoms with E-state index in [0.29, 0.717) is 38.2 Å². The van der Waals surface area contributed by atoms with Crippen LogP contribution in [0.15, 0.2) is 41.5 Å². The minimum Gasteiger partial charge on any atom is -0.352 e. The number of rotatable bonds is 4. The van der Waals surface area contributed by atoms with Gasteiger partial charge in [0.25, 0.3) is 5.56 Å². The fourth-order valence-electron chi connectivity index (χ4n) is 3.06. The molecule has 0 aliphatic carbocycles. The van der Waals surface area contributed by atoms with Gasteiger partial charge in [-0.15, -0.1) is 0 Å². The van der Waals surface area contributed by atoms with E-state index in [4.69, 9.17) is 0 Å². The average molecular weight is 329 g/mol. The maximum Gasteiger partial charge on any atom is 0.293 e. The highest BCUT2D eigenvalue weighted by Crippen LogP contribution is 2.22. The minimum atomic E-state index is -0.295. The van der Waals surface area contributed by atoms with Gasteiger partial charge in [0, 0.05) is 44.9 Å². The summed E-state index contributed by atoms with van der Waals surface area (Å²) in [4.78, 5) is 30.7. The number of hydrogen-bond acceptors (Lipinski definition) is 4. The maximum atomic E-state index is 12.9. The van der Waals surface area contributed by atoms with E-state index < -0.39 is 0 Å². The molecule has 5 nitrogen and oxygen atoms in total. The molecular formula is C18H20FN3O2. The quantitative estimate of drug-likeness (QED) is 0.860. The van der Waals surface area contributed by atoms with Crippen LogP contribution in [0.5, 0.6) is 0 Å². The van der Waals surface area contributed by atoms with Crippen LogP contribution in [0.25, 0.3) is 0 Å². The second-order valence-electron chi connectivity index (χ2n) is 6.20. The zero-order valence-electron chi connectivity index (χ0n) is 13.6. The van der Waals surface area contributed by atoms with Crippen molar-refractivity contribution in [3.8, 4) is 0 Å². The van der Waals surface area contributed by atoms with E-state index in [1.54, 1.807) is 31.6 Å². The molecule has 0 atom stereocenters. The summed E-state index contributed by atoms with van der Waals surface area (Å²) in [6.07, 6.45) is 4.99. The van der Waals surface area contributed by atoms with Gasteiger partial charge in [-0.2, -0.15) is 0 Å². The molecule has 6 heteroatoms. The van der Waals surface area contributed by atoms with Crippen molar-refractivity contribution in [2.45, 2.75) is 19.3 Å². The highest BCUT2D eigenvalue weighted by Gasteiger charge is 2.26. The summed E-state index contributed by atoms with van der Waals surface area (Å²) in [6.45, 7) is 1.29. The molecule has 2 heterocycles. The Morgan fingerprint density at radius 1 is 1.25 bits per heavy atom. The summed E-state index contributed by atoms with van der Waals surface area (Å²) in [6, 6.07) is 6.06. The average Bonchev–Trinajstić information content (AvgIpc) is 2.59. The Labute approximate surface area is 139 Å². The molecule has 1 aromatic heterocycles. The van der Waals surface area contributed by atoms with Gasteiger partial charge < -0.3 is 9.47 Å². The van der Waals surface area contributed by atoms with E-state index in [0.717, 1.165) is 5.56 Å². The van der Waals surface area contributed by atoms with Crippen LogP contribution < -0.4 is 10.5 Å². The number of benzene rings is 1. The van der Waals surface area contributed by atoms with E-state index in [1.165, 1.54) is 16.7 Å². The SMILES string of the molecule is Cn1ccnc(N2CCC(C(=O)Cc3ccc(F)cc3)CC2)c1=O. The van der Waals surface area contributed by atoms with Gasteiger partial charge in [-0.3, -0.25) is 9.59 Å². The van der Waals surface area contributed by atoms with Crippen molar-refractivity contribution in [1.82, 2.24) is 9.55 Å². The van der Waals surface area contributed by atoms with Crippen LogP contribution in [-0.2, 0) is 18.3 Å². The lowest BCUT2D eigenvalue weighted by atomic mass is 9.89. The Kier molecular flexibility index (Phi) is 4.74. The first-order chi connectivity index (χ1) is 11.5. The van der Waals surface area contributed by atoms with Gasteiger partial charge in [-0.1, -0.05) is 12.1 Å². The zero-order valence-corrected chi connectivity index (χ0v) is 13.6. The van der Waals surface area contributed by atoms with E-state index >= 15 is 0 Å². The molecular weight excluding hydrogens is 309 g/mol. The standard InChI is InChI=1S/C18H20FN3O2/c1-21-11-8-20-17(18(21)24)22-9-6-14(7-10-22)16(23)12-13-2-4-15(19)5-3-13/h2-5,8,11,14H,6-7,9-10,12H2,1H3. The first-order valence-corrected chi connectivity index (χ1v) is 8.08. The van der Waals surface area contributed by atoms with E-state index in [9.17, 15) is 14.0 Å². The molecule has 2 aromatic rings. The first kappa shape index (κ1) is 16.4. The Bertz CT molecular complexity index is 778. The van der Waals surface area contributed by atoms with Crippen molar-refractivity contribution in [2.75, 3.05) is 18.0 Å². The molecule has 3 rings (SSSR count). The van der Waals surface area contributed by atoms with Gasteiger partial charge in [0.05, 0.1) is 0 Å². The van der Waals surface area contributed by atoms with Crippen LogP contribution in [0.1, 0.15) is 18.4 Å². The number of piperidine rings is 1. The third-order valence-corrected chi connectivity index (χ3v) is 4.54. The summed E-state index contributed by atoms with van der Waals surface area (Å²) in [7, 11) is 1.70. The molecule has 0 spiro atoms. The minimum absolute atomic E-state index is 0.0149. The monoisotopic (exact) mass is 329 g/mol. The van der Waals surface area contributed by atoms with Gasteiger partial charge in [-0.05, 0) is 30.5 Å². The van der Waals surface area contributed by atoms with Crippen LogP contribution in [0.4, 0.5) is 10.2 Å². The van der Waals surface area contributed by atoms with Gasteiger partial charge >= 0.3 is 0 Å².